The van der Waals surface area contributed by atoms with Gasteiger partial charge in [0.1, 0.15) is 5.60 Å². The monoisotopic (exact) mass is 273 g/mol. The predicted molar refractivity (Wildman–Crippen MR) is 73.9 cm³/mol. The third kappa shape index (κ3) is 5.76. The summed E-state index contributed by atoms with van der Waals surface area (Å²) in [7, 11) is 0. The highest BCUT2D eigenvalue weighted by Gasteiger charge is 2.32. The number of hydrogen-bond acceptors (Lipinski definition) is 4. The minimum absolute atomic E-state index is 0.168. The van der Waals surface area contributed by atoms with Crippen molar-refractivity contribution in [2.24, 2.45) is 5.92 Å². The lowest BCUT2D eigenvalue weighted by Crippen LogP contribution is -2.41. The van der Waals surface area contributed by atoms with E-state index in [1.54, 1.807) is 11.8 Å². The van der Waals surface area contributed by atoms with E-state index < -0.39 is 5.60 Å². The second-order valence-corrected chi connectivity index (χ2v) is 6.62. The first kappa shape index (κ1) is 15.3. The van der Waals surface area contributed by atoms with Gasteiger partial charge in [-0.1, -0.05) is 0 Å². The number of amides is 1. The first-order valence-corrected chi connectivity index (χ1v) is 7.72. The number of rotatable bonds is 6. The molecule has 5 heteroatoms. The zero-order valence-corrected chi connectivity index (χ0v) is 12.5. The Morgan fingerprint density at radius 3 is 2.39 bits per heavy atom. The zero-order chi connectivity index (χ0) is 13.8. The number of hydrogen-bond donors (Lipinski definition) is 0. The van der Waals surface area contributed by atoms with Gasteiger partial charge in [0.25, 0.3) is 0 Å². The van der Waals surface area contributed by atoms with Gasteiger partial charge in [-0.25, -0.2) is 4.79 Å². The summed E-state index contributed by atoms with van der Waals surface area (Å²) in [6, 6.07) is 0. The van der Waals surface area contributed by atoms with E-state index in [1.807, 2.05) is 27.0 Å². The van der Waals surface area contributed by atoms with Crippen molar-refractivity contribution in [2.45, 2.75) is 39.2 Å². The molecule has 1 aliphatic rings. The maximum absolute atomic E-state index is 12.0. The van der Waals surface area contributed by atoms with E-state index in [-0.39, 0.29) is 24.3 Å². The number of carbonyl (C=O) groups is 2. The molecule has 18 heavy (non-hydrogen) atoms. The second-order valence-electron chi connectivity index (χ2n) is 5.64. The van der Waals surface area contributed by atoms with Crippen LogP contribution in [0.1, 0.15) is 33.6 Å². The maximum atomic E-state index is 12.0. The van der Waals surface area contributed by atoms with E-state index in [0.717, 1.165) is 18.6 Å². The smallest absolute Gasteiger partial charge is 0.410 e. The van der Waals surface area contributed by atoms with Crippen LogP contribution in [0.4, 0.5) is 4.79 Å². The highest BCUT2D eigenvalue weighted by atomic mass is 32.2. The molecule has 0 aliphatic heterocycles. The molecule has 1 saturated carbocycles. The van der Waals surface area contributed by atoms with Gasteiger partial charge in [0.05, 0.1) is 6.54 Å². The molecule has 0 aromatic heterocycles. The summed E-state index contributed by atoms with van der Waals surface area (Å²) < 4.78 is 5.32. The van der Waals surface area contributed by atoms with Gasteiger partial charge >= 0.3 is 6.09 Å². The number of ether oxygens (including phenoxy) is 1. The maximum Gasteiger partial charge on any atom is 0.410 e. The van der Waals surface area contributed by atoms with Crippen LogP contribution in [0.3, 0.4) is 0 Å². The Hall–Kier alpha value is -0.710. The van der Waals surface area contributed by atoms with E-state index in [0.29, 0.717) is 6.54 Å². The molecular formula is C13H23NO3S. The van der Waals surface area contributed by atoms with Crippen molar-refractivity contribution < 1.29 is 14.3 Å². The fraction of sp³-hybridized carbons (Fsp3) is 0.846. The molecule has 0 aromatic rings. The van der Waals surface area contributed by atoms with Crippen molar-refractivity contribution in [1.82, 2.24) is 4.90 Å². The van der Waals surface area contributed by atoms with Crippen LogP contribution in [0, 0.1) is 5.92 Å². The molecule has 0 heterocycles. The van der Waals surface area contributed by atoms with Gasteiger partial charge in [0.15, 0.2) is 5.78 Å². The standard InChI is InChI=1S/C13H23NO3S/c1-13(2,3)17-12(16)14(7-8-18-4)9-11(15)10-5-6-10/h10H,5-9H2,1-4H3. The molecule has 1 amide bonds. The topological polar surface area (TPSA) is 46.6 Å². The first-order valence-electron chi connectivity index (χ1n) is 6.33. The summed E-state index contributed by atoms with van der Waals surface area (Å²) in [5, 5.41) is 0. The Morgan fingerprint density at radius 2 is 1.94 bits per heavy atom. The van der Waals surface area contributed by atoms with Gasteiger partial charge in [0.2, 0.25) is 0 Å². The lowest BCUT2D eigenvalue weighted by molar-refractivity contribution is -0.121. The van der Waals surface area contributed by atoms with Crippen LogP contribution < -0.4 is 0 Å². The van der Waals surface area contributed by atoms with E-state index in [2.05, 4.69) is 0 Å². The average molecular weight is 273 g/mol. The summed E-state index contributed by atoms with van der Waals surface area (Å²) >= 11 is 1.66. The van der Waals surface area contributed by atoms with Crippen LogP contribution in [-0.4, -0.2) is 47.5 Å². The van der Waals surface area contributed by atoms with Crippen LogP contribution in [-0.2, 0) is 9.53 Å². The Balaban J connectivity index is 2.52. The summed E-state index contributed by atoms with van der Waals surface area (Å²) in [5.74, 6) is 1.17. The Kier molecular flexibility index (Phi) is 5.50. The lowest BCUT2D eigenvalue weighted by Gasteiger charge is -2.26. The molecule has 0 bridgehead atoms. The summed E-state index contributed by atoms with van der Waals surface area (Å²) in [5.41, 5.74) is -0.517. The molecule has 1 fully saturated rings. The third-order valence-electron chi connectivity index (χ3n) is 2.60. The molecule has 0 N–H and O–H groups in total. The number of thioether (sulfide) groups is 1. The van der Waals surface area contributed by atoms with Gasteiger partial charge in [-0.3, -0.25) is 4.79 Å². The van der Waals surface area contributed by atoms with Crippen molar-refractivity contribution >= 4 is 23.6 Å². The van der Waals surface area contributed by atoms with E-state index in [1.165, 1.54) is 4.90 Å². The SMILES string of the molecule is CSCCN(CC(=O)C1CC1)C(=O)OC(C)(C)C. The normalized spacial score (nSPS) is 15.3. The summed E-state index contributed by atoms with van der Waals surface area (Å²) in [6.45, 7) is 6.26. The number of Topliss-reactive ketones (excluding diaryl/α,β-unsaturated/α-hetero) is 1. The number of ketones is 1. The number of carbonyl (C=O) groups excluding carboxylic acids is 2. The largest absolute Gasteiger partial charge is 0.444 e. The molecule has 104 valence electrons. The Morgan fingerprint density at radius 1 is 1.33 bits per heavy atom. The molecule has 0 radical (unpaired) electrons. The fourth-order valence-electron chi connectivity index (χ4n) is 1.49. The summed E-state index contributed by atoms with van der Waals surface area (Å²) in [4.78, 5) is 25.3. The molecule has 0 unspecified atom stereocenters. The molecule has 0 atom stereocenters. The van der Waals surface area contributed by atoms with Gasteiger partial charge in [-0.2, -0.15) is 11.8 Å². The molecule has 1 aliphatic carbocycles. The van der Waals surface area contributed by atoms with E-state index >= 15 is 0 Å². The highest BCUT2D eigenvalue weighted by Crippen LogP contribution is 2.30. The van der Waals surface area contributed by atoms with Crippen molar-refractivity contribution in [2.75, 3.05) is 25.1 Å². The van der Waals surface area contributed by atoms with Gasteiger partial charge in [-0.05, 0) is 39.9 Å². The van der Waals surface area contributed by atoms with E-state index in [4.69, 9.17) is 4.74 Å². The lowest BCUT2D eigenvalue weighted by atomic mass is 10.2. The summed E-state index contributed by atoms with van der Waals surface area (Å²) in [6.07, 6.45) is 3.55. The highest BCUT2D eigenvalue weighted by molar-refractivity contribution is 7.98. The average Bonchev–Trinajstić information content (AvgIpc) is 3.04. The van der Waals surface area contributed by atoms with Crippen LogP contribution in [0.5, 0.6) is 0 Å². The number of nitrogens with zero attached hydrogens (tertiary/aromatic N) is 1. The van der Waals surface area contributed by atoms with Crippen molar-refractivity contribution in [3.8, 4) is 0 Å². The van der Waals surface area contributed by atoms with Crippen molar-refractivity contribution in [3.05, 3.63) is 0 Å². The molecular weight excluding hydrogens is 250 g/mol. The first-order chi connectivity index (χ1) is 8.33. The van der Waals surface area contributed by atoms with Crippen LogP contribution in [0.25, 0.3) is 0 Å². The molecule has 1 rings (SSSR count). The minimum atomic E-state index is -0.517. The quantitative estimate of drug-likeness (QED) is 0.746. The van der Waals surface area contributed by atoms with Crippen molar-refractivity contribution in [1.29, 1.82) is 0 Å². The second kappa shape index (κ2) is 6.45. The van der Waals surface area contributed by atoms with Crippen LogP contribution >= 0.6 is 11.8 Å². The third-order valence-corrected chi connectivity index (χ3v) is 3.19. The van der Waals surface area contributed by atoms with Gasteiger partial charge in [0, 0.05) is 18.2 Å². The van der Waals surface area contributed by atoms with Gasteiger partial charge in [-0.15, -0.1) is 0 Å². The minimum Gasteiger partial charge on any atom is -0.444 e. The molecule has 4 nitrogen and oxygen atoms in total. The van der Waals surface area contributed by atoms with E-state index in [9.17, 15) is 9.59 Å². The zero-order valence-electron chi connectivity index (χ0n) is 11.7. The molecule has 0 spiro atoms. The Bertz CT molecular complexity index is 308. The van der Waals surface area contributed by atoms with Gasteiger partial charge < -0.3 is 9.64 Å². The molecule has 0 aromatic carbocycles. The van der Waals surface area contributed by atoms with Crippen molar-refractivity contribution in [3.63, 3.8) is 0 Å². The Labute approximate surface area is 113 Å². The molecule has 0 saturated heterocycles. The van der Waals surface area contributed by atoms with Crippen LogP contribution in [0.2, 0.25) is 0 Å². The fourth-order valence-corrected chi connectivity index (χ4v) is 1.89. The van der Waals surface area contributed by atoms with Crippen LogP contribution in [0.15, 0.2) is 0 Å². The predicted octanol–water partition coefficient (Wildman–Crippen LogP) is 2.57.